The zero-order valence-corrected chi connectivity index (χ0v) is 12.0. The third-order valence-electron chi connectivity index (χ3n) is 2.29. The molecule has 0 saturated heterocycles. The molecule has 2 rings (SSSR count). The highest BCUT2D eigenvalue weighted by molar-refractivity contribution is 7.98. The number of hydrogen-bond donors (Lipinski definition) is 0. The van der Waals surface area contributed by atoms with E-state index in [0.717, 1.165) is 5.56 Å². The SMILES string of the molecule is CSc1ccc(Oc2ncc(CCl)cc2Cl)cc1. The first-order chi connectivity index (χ1) is 8.72. The molecule has 2 aromatic rings. The van der Waals surface area contributed by atoms with Crippen molar-refractivity contribution in [1.29, 1.82) is 0 Å². The van der Waals surface area contributed by atoms with Gasteiger partial charge in [-0.25, -0.2) is 4.98 Å². The molecule has 0 spiro atoms. The van der Waals surface area contributed by atoms with Gasteiger partial charge in [-0.1, -0.05) is 11.6 Å². The van der Waals surface area contributed by atoms with Gasteiger partial charge in [-0.2, -0.15) is 0 Å². The standard InChI is InChI=1S/C13H11Cl2NOS/c1-18-11-4-2-10(3-5-11)17-13-12(15)6-9(7-14)8-16-13/h2-6,8H,7H2,1H3. The number of aromatic nitrogens is 1. The maximum atomic E-state index is 6.07. The van der Waals surface area contributed by atoms with Crippen molar-refractivity contribution in [3.63, 3.8) is 0 Å². The number of pyridine rings is 1. The van der Waals surface area contributed by atoms with Crippen molar-refractivity contribution in [3.05, 3.63) is 47.1 Å². The quantitative estimate of drug-likeness (QED) is 0.586. The monoisotopic (exact) mass is 299 g/mol. The Bertz CT molecular complexity index is 531. The first-order valence-corrected chi connectivity index (χ1v) is 7.39. The lowest BCUT2D eigenvalue weighted by Crippen LogP contribution is -1.90. The molecule has 0 saturated carbocycles. The first-order valence-electron chi connectivity index (χ1n) is 5.25. The van der Waals surface area contributed by atoms with E-state index in [2.05, 4.69) is 4.98 Å². The molecule has 0 radical (unpaired) electrons. The van der Waals surface area contributed by atoms with Crippen LogP contribution in [0, 0.1) is 0 Å². The molecule has 5 heteroatoms. The molecular formula is C13H11Cl2NOS. The highest BCUT2D eigenvalue weighted by Gasteiger charge is 2.06. The number of hydrogen-bond acceptors (Lipinski definition) is 3. The van der Waals surface area contributed by atoms with Gasteiger partial charge in [0.2, 0.25) is 5.88 Å². The second-order valence-electron chi connectivity index (χ2n) is 3.54. The van der Waals surface area contributed by atoms with Crippen LogP contribution in [-0.2, 0) is 5.88 Å². The Morgan fingerprint density at radius 2 is 2.00 bits per heavy atom. The van der Waals surface area contributed by atoms with E-state index < -0.39 is 0 Å². The van der Waals surface area contributed by atoms with E-state index >= 15 is 0 Å². The van der Waals surface area contributed by atoms with Gasteiger partial charge in [0.1, 0.15) is 10.8 Å². The third kappa shape index (κ3) is 3.31. The summed E-state index contributed by atoms with van der Waals surface area (Å²) in [6.45, 7) is 0. The number of benzene rings is 1. The second kappa shape index (κ2) is 6.32. The largest absolute Gasteiger partial charge is 0.438 e. The third-order valence-corrected chi connectivity index (χ3v) is 3.62. The van der Waals surface area contributed by atoms with E-state index in [-0.39, 0.29) is 0 Å². The van der Waals surface area contributed by atoms with Gasteiger partial charge in [0.05, 0.1) is 0 Å². The average Bonchev–Trinajstić information content (AvgIpc) is 2.42. The van der Waals surface area contributed by atoms with Crippen LogP contribution in [0.4, 0.5) is 0 Å². The number of ether oxygens (including phenoxy) is 1. The van der Waals surface area contributed by atoms with E-state index in [1.165, 1.54) is 4.90 Å². The van der Waals surface area contributed by atoms with Crippen LogP contribution < -0.4 is 4.74 Å². The Morgan fingerprint density at radius 1 is 1.28 bits per heavy atom. The van der Waals surface area contributed by atoms with Crippen LogP contribution in [-0.4, -0.2) is 11.2 Å². The lowest BCUT2D eigenvalue weighted by Gasteiger charge is -2.07. The van der Waals surface area contributed by atoms with E-state index in [1.54, 1.807) is 24.0 Å². The number of thioether (sulfide) groups is 1. The fourth-order valence-electron chi connectivity index (χ4n) is 1.37. The van der Waals surface area contributed by atoms with Crippen molar-refractivity contribution >= 4 is 35.0 Å². The molecule has 1 heterocycles. The van der Waals surface area contributed by atoms with Gasteiger partial charge in [0.25, 0.3) is 0 Å². The van der Waals surface area contributed by atoms with E-state index in [4.69, 9.17) is 27.9 Å². The Labute approximate surface area is 120 Å². The molecule has 0 aliphatic carbocycles. The highest BCUT2D eigenvalue weighted by Crippen LogP contribution is 2.29. The molecule has 0 atom stereocenters. The summed E-state index contributed by atoms with van der Waals surface area (Å²) in [6, 6.07) is 9.51. The van der Waals surface area contributed by atoms with E-state index in [0.29, 0.717) is 22.5 Å². The molecule has 0 aliphatic heterocycles. The summed E-state index contributed by atoms with van der Waals surface area (Å²) in [7, 11) is 0. The Morgan fingerprint density at radius 3 is 2.56 bits per heavy atom. The molecule has 0 amide bonds. The second-order valence-corrected chi connectivity index (χ2v) is 5.10. The summed E-state index contributed by atoms with van der Waals surface area (Å²) in [5.74, 6) is 1.48. The van der Waals surface area contributed by atoms with E-state index in [1.807, 2.05) is 30.5 Å². The van der Waals surface area contributed by atoms with Crippen LogP contribution in [0.5, 0.6) is 11.6 Å². The van der Waals surface area contributed by atoms with Gasteiger partial charge in [-0.05, 0) is 42.2 Å². The molecular weight excluding hydrogens is 289 g/mol. The zero-order valence-electron chi connectivity index (χ0n) is 9.69. The van der Waals surface area contributed by atoms with Gasteiger partial charge in [0.15, 0.2) is 0 Å². The van der Waals surface area contributed by atoms with Crippen molar-refractivity contribution in [2.75, 3.05) is 6.26 Å². The molecule has 0 aliphatic rings. The van der Waals surface area contributed by atoms with Gasteiger partial charge < -0.3 is 4.74 Å². The van der Waals surface area contributed by atoms with Gasteiger partial charge in [-0.3, -0.25) is 0 Å². The summed E-state index contributed by atoms with van der Waals surface area (Å²) in [5, 5.41) is 0.460. The number of alkyl halides is 1. The average molecular weight is 300 g/mol. The van der Waals surface area contributed by atoms with Crippen LogP contribution >= 0.6 is 35.0 Å². The minimum Gasteiger partial charge on any atom is -0.438 e. The van der Waals surface area contributed by atoms with Crippen molar-refractivity contribution in [3.8, 4) is 11.6 Å². The molecule has 0 unspecified atom stereocenters. The number of rotatable bonds is 4. The number of halogens is 2. The van der Waals surface area contributed by atoms with Crippen molar-refractivity contribution in [1.82, 2.24) is 4.98 Å². The van der Waals surface area contributed by atoms with Crippen LogP contribution in [0.15, 0.2) is 41.4 Å². The number of nitrogens with zero attached hydrogens (tertiary/aromatic N) is 1. The van der Waals surface area contributed by atoms with Crippen molar-refractivity contribution in [2.45, 2.75) is 10.8 Å². The minimum absolute atomic E-state index is 0.384. The first kappa shape index (κ1) is 13.5. The smallest absolute Gasteiger partial charge is 0.238 e. The zero-order chi connectivity index (χ0) is 13.0. The molecule has 1 aromatic heterocycles. The van der Waals surface area contributed by atoms with Crippen LogP contribution in [0.25, 0.3) is 0 Å². The molecule has 94 valence electrons. The highest BCUT2D eigenvalue weighted by atomic mass is 35.5. The Kier molecular flexibility index (Phi) is 4.75. The molecule has 0 fully saturated rings. The molecule has 0 N–H and O–H groups in total. The summed E-state index contributed by atoms with van der Waals surface area (Å²) in [6.07, 6.45) is 3.68. The predicted octanol–water partition coefficient (Wildman–Crippen LogP) is 4.99. The molecule has 2 nitrogen and oxygen atoms in total. The van der Waals surface area contributed by atoms with Crippen LogP contribution in [0.1, 0.15) is 5.56 Å². The minimum atomic E-state index is 0.384. The Hall–Kier alpha value is -0.900. The predicted molar refractivity (Wildman–Crippen MR) is 77.1 cm³/mol. The van der Waals surface area contributed by atoms with Crippen LogP contribution in [0.3, 0.4) is 0 Å². The van der Waals surface area contributed by atoms with Crippen molar-refractivity contribution < 1.29 is 4.74 Å². The molecule has 0 bridgehead atoms. The normalized spacial score (nSPS) is 10.4. The maximum Gasteiger partial charge on any atom is 0.238 e. The summed E-state index contributed by atoms with van der Waals surface area (Å²) in [5.41, 5.74) is 0.867. The summed E-state index contributed by atoms with van der Waals surface area (Å²) in [4.78, 5) is 5.32. The lowest BCUT2D eigenvalue weighted by atomic mass is 10.3. The summed E-state index contributed by atoms with van der Waals surface area (Å²) >= 11 is 13.4. The van der Waals surface area contributed by atoms with Crippen molar-refractivity contribution in [2.24, 2.45) is 0 Å². The fraction of sp³-hybridized carbons (Fsp3) is 0.154. The molecule has 1 aromatic carbocycles. The summed E-state index contributed by atoms with van der Waals surface area (Å²) < 4.78 is 5.61. The lowest BCUT2D eigenvalue weighted by molar-refractivity contribution is 0.462. The van der Waals surface area contributed by atoms with Crippen LogP contribution in [0.2, 0.25) is 5.02 Å². The maximum absolute atomic E-state index is 6.07. The topological polar surface area (TPSA) is 22.1 Å². The van der Waals surface area contributed by atoms with E-state index in [9.17, 15) is 0 Å². The molecule has 18 heavy (non-hydrogen) atoms. The fourth-order valence-corrected chi connectivity index (χ4v) is 2.15. The van der Waals surface area contributed by atoms with Gasteiger partial charge in [0, 0.05) is 17.0 Å². The van der Waals surface area contributed by atoms with Gasteiger partial charge in [-0.15, -0.1) is 23.4 Å². The Balaban J connectivity index is 2.17. The van der Waals surface area contributed by atoms with Gasteiger partial charge >= 0.3 is 0 Å².